The molecule has 2 N–H and O–H groups in total. The van der Waals surface area contributed by atoms with Crippen LogP contribution in [0, 0.1) is 0 Å². The molecule has 0 aliphatic heterocycles. The minimum absolute atomic E-state index is 0.00655. The molecule has 37 heavy (non-hydrogen) atoms. The van der Waals surface area contributed by atoms with E-state index in [9.17, 15) is 4.79 Å². The highest BCUT2D eigenvalue weighted by Gasteiger charge is 2.27. The lowest BCUT2D eigenvalue weighted by Crippen LogP contribution is -2.34. The maximum Gasteiger partial charge on any atom is 0.251 e. The third-order valence-corrected chi connectivity index (χ3v) is 7.75. The Balaban J connectivity index is 1.21. The van der Waals surface area contributed by atoms with Gasteiger partial charge in [0.1, 0.15) is 13.7 Å². The van der Waals surface area contributed by atoms with Crippen molar-refractivity contribution in [2.45, 2.75) is 70.3 Å². The molecule has 1 aliphatic rings. The second-order valence-electron chi connectivity index (χ2n) is 10.1. The first-order valence-electron chi connectivity index (χ1n) is 13.7. The Morgan fingerprint density at radius 1 is 1.00 bits per heavy atom. The molecular formula is C30H36BN5O. The summed E-state index contributed by atoms with van der Waals surface area (Å²) in [7, 11) is 2.16. The van der Waals surface area contributed by atoms with E-state index < -0.39 is 0 Å². The standard InChI is InChI=1S/C30H36BN5O/c1-3-21(4-2)27-18-29(36-28(35-27)15-16-32-36)33-25-13-14-26(17-25)34-30(37)24-11-9-23(10-12-24)22-7-5-20(19-31)6-8-22/h5-12,15-16,18,21,25-26,33H,3-4,13-14,17,19,31H2,1-2H3,(H,34,37)/t25-,26-/m0/s1. The molecule has 1 fully saturated rings. The maximum atomic E-state index is 13.0. The van der Waals surface area contributed by atoms with Gasteiger partial charge in [-0.3, -0.25) is 4.79 Å². The topological polar surface area (TPSA) is 71.3 Å². The number of aromatic nitrogens is 3. The third kappa shape index (κ3) is 5.56. The summed E-state index contributed by atoms with van der Waals surface area (Å²) in [6.45, 7) is 4.43. The number of benzene rings is 2. The molecule has 0 spiro atoms. The molecule has 4 aromatic rings. The van der Waals surface area contributed by atoms with Crippen LogP contribution in [0.25, 0.3) is 16.8 Å². The summed E-state index contributed by atoms with van der Waals surface area (Å²) in [6.07, 6.45) is 7.81. The summed E-state index contributed by atoms with van der Waals surface area (Å²) >= 11 is 0. The fraction of sp³-hybridized carbons (Fsp3) is 0.367. The van der Waals surface area contributed by atoms with Crippen LogP contribution in [-0.4, -0.2) is 40.4 Å². The number of amides is 1. The minimum atomic E-state index is -0.00655. The van der Waals surface area contributed by atoms with E-state index in [0.717, 1.165) is 61.1 Å². The van der Waals surface area contributed by atoms with E-state index in [1.54, 1.807) is 6.20 Å². The highest BCUT2D eigenvalue weighted by Crippen LogP contribution is 2.28. The van der Waals surface area contributed by atoms with Crippen molar-refractivity contribution in [2.24, 2.45) is 0 Å². The quantitative estimate of drug-likeness (QED) is 0.315. The van der Waals surface area contributed by atoms with E-state index in [1.807, 2.05) is 34.8 Å². The number of carbonyl (C=O) groups excluding carboxylic acids is 1. The zero-order valence-corrected chi connectivity index (χ0v) is 22.1. The first-order chi connectivity index (χ1) is 18.1. The zero-order valence-electron chi connectivity index (χ0n) is 22.1. The van der Waals surface area contributed by atoms with Gasteiger partial charge in [0.05, 0.1) is 6.20 Å². The Kier molecular flexibility index (Phi) is 7.59. The van der Waals surface area contributed by atoms with Gasteiger partial charge in [0.2, 0.25) is 0 Å². The van der Waals surface area contributed by atoms with Crippen molar-refractivity contribution in [1.29, 1.82) is 0 Å². The largest absolute Gasteiger partial charge is 0.367 e. The van der Waals surface area contributed by atoms with Crippen molar-refractivity contribution in [3.05, 3.63) is 83.7 Å². The molecule has 1 aliphatic carbocycles. The Morgan fingerprint density at radius 3 is 2.35 bits per heavy atom. The fourth-order valence-corrected chi connectivity index (χ4v) is 5.42. The van der Waals surface area contributed by atoms with Gasteiger partial charge in [0.25, 0.3) is 5.91 Å². The number of carbonyl (C=O) groups is 1. The van der Waals surface area contributed by atoms with Gasteiger partial charge in [0.15, 0.2) is 5.65 Å². The van der Waals surface area contributed by atoms with E-state index in [0.29, 0.717) is 11.5 Å². The van der Waals surface area contributed by atoms with Gasteiger partial charge in [-0.25, -0.2) is 4.98 Å². The Bertz CT molecular complexity index is 1340. The predicted octanol–water partition coefficient (Wildman–Crippen LogP) is 5.20. The molecular weight excluding hydrogens is 457 g/mol. The van der Waals surface area contributed by atoms with E-state index in [1.165, 1.54) is 11.1 Å². The Morgan fingerprint density at radius 2 is 1.68 bits per heavy atom. The molecule has 7 heteroatoms. The number of anilines is 1. The van der Waals surface area contributed by atoms with Crippen LogP contribution in [0.5, 0.6) is 0 Å². The molecule has 2 aromatic carbocycles. The Labute approximate surface area is 220 Å². The normalized spacial score (nSPS) is 17.4. The zero-order chi connectivity index (χ0) is 25.8. The van der Waals surface area contributed by atoms with E-state index >= 15 is 0 Å². The lowest BCUT2D eigenvalue weighted by molar-refractivity contribution is 0.0938. The summed E-state index contributed by atoms with van der Waals surface area (Å²) < 4.78 is 1.88. The van der Waals surface area contributed by atoms with Gasteiger partial charge in [-0.2, -0.15) is 9.61 Å². The number of rotatable bonds is 9. The van der Waals surface area contributed by atoms with Gasteiger partial charge in [0, 0.05) is 41.4 Å². The highest BCUT2D eigenvalue weighted by molar-refractivity contribution is 6.08. The van der Waals surface area contributed by atoms with Gasteiger partial charge >= 0.3 is 0 Å². The van der Waals surface area contributed by atoms with Crippen LogP contribution in [0.1, 0.15) is 73.5 Å². The Hall–Kier alpha value is -3.61. The maximum absolute atomic E-state index is 13.0. The molecule has 190 valence electrons. The van der Waals surface area contributed by atoms with Crippen LogP contribution >= 0.6 is 0 Å². The number of nitrogens with one attached hydrogen (secondary N) is 2. The van der Waals surface area contributed by atoms with E-state index in [2.05, 4.69) is 67.8 Å². The molecule has 2 atom stereocenters. The first kappa shape index (κ1) is 25.1. The predicted molar refractivity (Wildman–Crippen MR) is 153 cm³/mol. The SMILES string of the molecule is BCc1ccc(-c2ccc(C(=O)N[C@H]3CC[C@H](Nc4cc(C(CC)CC)nc5ccnn45)C3)cc2)cc1. The van der Waals surface area contributed by atoms with Crippen molar-refractivity contribution in [3.63, 3.8) is 0 Å². The molecule has 0 bridgehead atoms. The van der Waals surface area contributed by atoms with E-state index in [-0.39, 0.29) is 18.0 Å². The molecule has 5 rings (SSSR count). The fourth-order valence-electron chi connectivity index (χ4n) is 5.42. The molecule has 0 radical (unpaired) electrons. The van der Waals surface area contributed by atoms with Crippen molar-refractivity contribution in [2.75, 3.05) is 5.32 Å². The average Bonchev–Trinajstić information content (AvgIpc) is 3.59. The van der Waals surface area contributed by atoms with Gasteiger partial charge < -0.3 is 10.6 Å². The monoisotopic (exact) mass is 493 g/mol. The van der Waals surface area contributed by atoms with Crippen molar-refractivity contribution in [1.82, 2.24) is 19.9 Å². The summed E-state index contributed by atoms with van der Waals surface area (Å²) in [5.41, 5.74) is 6.32. The summed E-state index contributed by atoms with van der Waals surface area (Å²) in [5, 5.41) is 11.4. The molecule has 2 aromatic heterocycles. The average molecular weight is 493 g/mol. The lowest BCUT2D eigenvalue weighted by Gasteiger charge is -2.19. The lowest BCUT2D eigenvalue weighted by atomic mass is 9.95. The minimum Gasteiger partial charge on any atom is -0.367 e. The van der Waals surface area contributed by atoms with Crippen molar-refractivity contribution >= 4 is 25.2 Å². The number of nitrogens with zero attached hydrogens (tertiary/aromatic N) is 3. The summed E-state index contributed by atoms with van der Waals surface area (Å²) in [6, 6.07) is 21.1. The molecule has 1 saturated carbocycles. The first-order valence-corrected chi connectivity index (χ1v) is 13.7. The molecule has 2 heterocycles. The molecule has 1 amide bonds. The van der Waals surface area contributed by atoms with Gasteiger partial charge in [-0.1, -0.05) is 62.1 Å². The van der Waals surface area contributed by atoms with Crippen LogP contribution in [0.15, 0.2) is 66.9 Å². The second kappa shape index (κ2) is 11.2. The van der Waals surface area contributed by atoms with Gasteiger partial charge in [-0.05, 0) is 55.4 Å². The highest BCUT2D eigenvalue weighted by atomic mass is 16.1. The van der Waals surface area contributed by atoms with Crippen LogP contribution in [-0.2, 0) is 6.32 Å². The third-order valence-electron chi connectivity index (χ3n) is 7.75. The molecule has 0 saturated heterocycles. The van der Waals surface area contributed by atoms with Crippen molar-refractivity contribution in [3.8, 4) is 11.1 Å². The number of hydrogen-bond donors (Lipinski definition) is 2. The number of hydrogen-bond acceptors (Lipinski definition) is 4. The van der Waals surface area contributed by atoms with Crippen molar-refractivity contribution < 1.29 is 4.79 Å². The number of fused-ring (bicyclic) bond motifs is 1. The van der Waals surface area contributed by atoms with Crippen LogP contribution in [0.4, 0.5) is 5.82 Å². The van der Waals surface area contributed by atoms with Crippen LogP contribution in [0.2, 0.25) is 0 Å². The second-order valence-corrected chi connectivity index (χ2v) is 10.1. The smallest absolute Gasteiger partial charge is 0.251 e. The summed E-state index contributed by atoms with van der Waals surface area (Å²) in [4.78, 5) is 17.8. The summed E-state index contributed by atoms with van der Waals surface area (Å²) in [5.74, 6) is 1.42. The molecule has 6 nitrogen and oxygen atoms in total. The van der Waals surface area contributed by atoms with E-state index in [4.69, 9.17) is 4.98 Å². The van der Waals surface area contributed by atoms with Gasteiger partial charge in [-0.15, -0.1) is 0 Å². The molecule has 0 unspecified atom stereocenters. The van der Waals surface area contributed by atoms with Crippen LogP contribution < -0.4 is 10.6 Å². The van der Waals surface area contributed by atoms with Crippen LogP contribution in [0.3, 0.4) is 0 Å².